The molecule has 0 aromatic heterocycles. The maximum Gasteiger partial charge on any atom is 0.328 e. The van der Waals surface area contributed by atoms with Crippen LogP contribution in [-0.4, -0.2) is 36.7 Å². The maximum absolute atomic E-state index is 11.3. The van der Waals surface area contributed by atoms with E-state index in [0.717, 1.165) is 25.7 Å². The first-order chi connectivity index (χ1) is 7.65. The normalized spacial score (nSPS) is 11.9. The van der Waals surface area contributed by atoms with Crippen molar-refractivity contribution >= 4 is 11.9 Å². The molecule has 94 valence electrons. The summed E-state index contributed by atoms with van der Waals surface area (Å²) in [6, 6.07) is -0.637. The molecule has 0 rings (SSSR count). The Morgan fingerprint density at radius 3 is 2.50 bits per heavy atom. The van der Waals surface area contributed by atoms with E-state index in [-0.39, 0.29) is 0 Å². The van der Waals surface area contributed by atoms with Crippen LogP contribution in [-0.2, 0) is 14.3 Å². The van der Waals surface area contributed by atoms with Crippen LogP contribution in [0.4, 0.5) is 0 Å². The number of methoxy groups -OCH3 is 1. The number of rotatable bonds is 8. The number of carbonyl (C=O) groups excluding carboxylic acids is 2. The first kappa shape index (κ1) is 14.9. The van der Waals surface area contributed by atoms with E-state index in [1.807, 2.05) is 0 Å². The first-order valence-corrected chi connectivity index (χ1v) is 5.63. The third-order valence-corrected chi connectivity index (χ3v) is 2.31. The van der Waals surface area contributed by atoms with Crippen LogP contribution in [0, 0.1) is 0 Å². The largest absolute Gasteiger partial charge is 0.467 e. The van der Waals surface area contributed by atoms with E-state index in [1.165, 1.54) is 7.11 Å². The summed E-state index contributed by atoms with van der Waals surface area (Å²) in [5.41, 5.74) is 0. The van der Waals surface area contributed by atoms with Crippen LogP contribution in [0.1, 0.15) is 39.0 Å². The van der Waals surface area contributed by atoms with Gasteiger partial charge in [0.1, 0.15) is 12.6 Å². The van der Waals surface area contributed by atoms with Crippen molar-refractivity contribution in [3.8, 4) is 0 Å². The number of hydrogen-bond donors (Lipinski definition) is 2. The molecule has 0 saturated carbocycles. The number of ether oxygens (including phenoxy) is 1. The lowest BCUT2D eigenvalue weighted by Crippen LogP contribution is -2.42. The highest BCUT2D eigenvalue weighted by molar-refractivity contribution is 5.84. The van der Waals surface area contributed by atoms with E-state index < -0.39 is 24.5 Å². The molecule has 16 heavy (non-hydrogen) atoms. The van der Waals surface area contributed by atoms with Gasteiger partial charge in [0, 0.05) is 0 Å². The molecule has 0 aliphatic rings. The molecule has 0 aromatic carbocycles. The Kier molecular flexibility index (Phi) is 8.52. The molecular weight excluding hydrogens is 210 g/mol. The molecule has 1 amide bonds. The maximum atomic E-state index is 11.3. The molecule has 2 N–H and O–H groups in total. The fraction of sp³-hybridized carbons (Fsp3) is 0.818. The third kappa shape index (κ3) is 6.40. The topological polar surface area (TPSA) is 75.6 Å². The van der Waals surface area contributed by atoms with Crippen molar-refractivity contribution in [1.29, 1.82) is 0 Å². The molecule has 5 heteroatoms. The molecular formula is C11H21NO4. The molecule has 0 bridgehead atoms. The van der Waals surface area contributed by atoms with Gasteiger partial charge in [-0.25, -0.2) is 4.79 Å². The summed E-state index contributed by atoms with van der Waals surface area (Å²) in [7, 11) is 1.28. The van der Waals surface area contributed by atoms with Crippen molar-refractivity contribution in [3.63, 3.8) is 0 Å². The lowest BCUT2D eigenvalue weighted by Gasteiger charge is -2.15. The smallest absolute Gasteiger partial charge is 0.328 e. The van der Waals surface area contributed by atoms with Crippen molar-refractivity contribution < 1.29 is 19.4 Å². The number of hydrogen-bond acceptors (Lipinski definition) is 4. The SMILES string of the molecule is CCCCCC[C@@H](NC(=O)CO)C(=O)OC. The van der Waals surface area contributed by atoms with Gasteiger partial charge in [-0.05, 0) is 6.42 Å². The number of nitrogens with one attached hydrogen (secondary N) is 1. The summed E-state index contributed by atoms with van der Waals surface area (Å²) in [6.07, 6.45) is 4.67. The minimum Gasteiger partial charge on any atom is -0.467 e. The third-order valence-electron chi connectivity index (χ3n) is 2.31. The molecule has 0 aliphatic heterocycles. The average Bonchev–Trinajstić information content (AvgIpc) is 2.31. The van der Waals surface area contributed by atoms with E-state index >= 15 is 0 Å². The monoisotopic (exact) mass is 231 g/mol. The summed E-state index contributed by atoms with van der Waals surface area (Å²) in [5, 5.41) is 11.0. The molecule has 0 aliphatic carbocycles. The van der Waals surface area contributed by atoms with Crippen LogP contribution in [0.25, 0.3) is 0 Å². The molecule has 1 atom stereocenters. The van der Waals surface area contributed by atoms with Gasteiger partial charge in [0.25, 0.3) is 0 Å². The summed E-state index contributed by atoms with van der Waals surface area (Å²) < 4.78 is 4.58. The quantitative estimate of drug-likeness (QED) is 0.474. The Morgan fingerprint density at radius 2 is 2.00 bits per heavy atom. The molecule has 0 heterocycles. The van der Waals surface area contributed by atoms with Gasteiger partial charge in [-0.15, -0.1) is 0 Å². The lowest BCUT2D eigenvalue weighted by molar-refractivity contribution is -0.145. The van der Waals surface area contributed by atoms with Gasteiger partial charge in [-0.2, -0.15) is 0 Å². The minimum absolute atomic E-state index is 0.460. The van der Waals surface area contributed by atoms with Gasteiger partial charge in [-0.3, -0.25) is 4.79 Å². The van der Waals surface area contributed by atoms with Gasteiger partial charge in [0.05, 0.1) is 7.11 Å². The Hall–Kier alpha value is -1.10. The van der Waals surface area contributed by atoms with E-state index in [0.29, 0.717) is 6.42 Å². The number of amides is 1. The summed E-state index contributed by atoms with van der Waals surface area (Å²) >= 11 is 0. The standard InChI is InChI=1S/C11H21NO4/c1-3-4-5-6-7-9(11(15)16-2)12-10(14)8-13/h9,13H,3-8H2,1-2H3,(H,12,14)/t9-/m1/s1. The van der Waals surface area contributed by atoms with Crippen LogP contribution in [0.3, 0.4) is 0 Å². The second kappa shape index (κ2) is 9.15. The number of aliphatic hydroxyl groups excluding tert-OH is 1. The molecule has 0 spiro atoms. The van der Waals surface area contributed by atoms with E-state index in [2.05, 4.69) is 17.0 Å². The van der Waals surface area contributed by atoms with Crippen molar-refractivity contribution in [3.05, 3.63) is 0 Å². The van der Waals surface area contributed by atoms with Crippen molar-refractivity contribution in [2.75, 3.05) is 13.7 Å². The van der Waals surface area contributed by atoms with Gasteiger partial charge >= 0.3 is 5.97 Å². The lowest BCUT2D eigenvalue weighted by atomic mass is 10.1. The molecule has 0 unspecified atom stereocenters. The second-order valence-electron chi connectivity index (χ2n) is 3.65. The number of esters is 1. The zero-order valence-corrected chi connectivity index (χ0v) is 9.99. The molecule has 0 aromatic rings. The fourth-order valence-electron chi connectivity index (χ4n) is 1.41. The van der Waals surface area contributed by atoms with Crippen LogP contribution in [0.5, 0.6) is 0 Å². The Morgan fingerprint density at radius 1 is 1.31 bits per heavy atom. The van der Waals surface area contributed by atoms with Crippen molar-refractivity contribution in [1.82, 2.24) is 5.32 Å². The van der Waals surface area contributed by atoms with Crippen molar-refractivity contribution in [2.45, 2.75) is 45.1 Å². The predicted octanol–water partition coefficient (Wildman–Crippen LogP) is 0.607. The highest BCUT2D eigenvalue weighted by Crippen LogP contribution is 2.06. The van der Waals surface area contributed by atoms with E-state index in [9.17, 15) is 9.59 Å². The number of unbranched alkanes of at least 4 members (excludes halogenated alkanes) is 3. The van der Waals surface area contributed by atoms with E-state index in [4.69, 9.17) is 5.11 Å². The highest BCUT2D eigenvalue weighted by atomic mass is 16.5. The van der Waals surface area contributed by atoms with Crippen LogP contribution < -0.4 is 5.32 Å². The Balaban J connectivity index is 4.00. The average molecular weight is 231 g/mol. The summed E-state index contributed by atoms with van der Waals surface area (Å²) in [6.45, 7) is 1.49. The number of carbonyl (C=O) groups is 2. The molecule has 0 fully saturated rings. The van der Waals surface area contributed by atoms with Crippen LogP contribution in [0.15, 0.2) is 0 Å². The zero-order chi connectivity index (χ0) is 12.4. The Labute approximate surface area is 96.2 Å². The van der Waals surface area contributed by atoms with E-state index in [1.54, 1.807) is 0 Å². The van der Waals surface area contributed by atoms with Gasteiger partial charge < -0.3 is 15.2 Å². The molecule has 5 nitrogen and oxygen atoms in total. The van der Waals surface area contributed by atoms with Gasteiger partial charge in [-0.1, -0.05) is 32.6 Å². The Bertz CT molecular complexity index is 218. The minimum atomic E-state index is -0.637. The van der Waals surface area contributed by atoms with Gasteiger partial charge in [0.2, 0.25) is 5.91 Å². The van der Waals surface area contributed by atoms with Crippen LogP contribution in [0.2, 0.25) is 0 Å². The van der Waals surface area contributed by atoms with Crippen molar-refractivity contribution in [2.24, 2.45) is 0 Å². The van der Waals surface area contributed by atoms with Crippen LogP contribution >= 0.6 is 0 Å². The molecule has 0 radical (unpaired) electrons. The predicted molar refractivity (Wildman–Crippen MR) is 59.8 cm³/mol. The fourth-order valence-corrected chi connectivity index (χ4v) is 1.41. The second-order valence-corrected chi connectivity index (χ2v) is 3.65. The number of aliphatic hydroxyl groups is 1. The van der Waals surface area contributed by atoms with Gasteiger partial charge in [0.15, 0.2) is 0 Å². The summed E-state index contributed by atoms with van der Waals surface area (Å²) in [4.78, 5) is 22.3. The highest BCUT2D eigenvalue weighted by Gasteiger charge is 2.20. The summed E-state index contributed by atoms with van der Waals surface area (Å²) in [5.74, 6) is -1.01. The molecule has 0 saturated heterocycles. The first-order valence-electron chi connectivity index (χ1n) is 5.63. The zero-order valence-electron chi connectivity index (χ0n) is 9.99.